The fourth-order valence-electron chi connectivity index (χ4n) is 3.19. The molecular formula is C14H27NO3. The second kappa shape index (κ2) is 6.85. The zero-order valence-corrected chi connectivity index (χ0v) is 11.3. The molecule has 0 aromatic carbocycles. The van der Waals surface area contributed by atoms with Crippen LogP contribution >= 0.6 is 0 Å². The molecular weight excluding hydrogens is 230 g/mol. The molecule has 1 saturated carbocycles. The van der Waals surface area contributed by atoms with Gasteiger partial charge < -0.3 is 20.3 Å². The number of nitrogens with two attached hydrogens (primary N) is 1. The van der Waals surface area contributed by atoms with Crippen molar-refractivity contribution in [3.8, 4) is 0 Å². The summed E-state index contributed by atoms with van der Waals surface area (Å²) in [6, 6.07) is 0. The standard InChI is InChI=1S/C14H27NO3/c15-11-14(16)7-3-4-12(14)6-9-17-10-13-5-1-2-8-18-13/h12-13,16H,1-11,15H2. The van der Waals surface area contributed by atoms with Gasteiger partial charge in [0.25, 0.3) is 0 Å². The summed E-state index contributed by atoms with van der Waals surface area (Å²) in [7, 11) is 0. The SMILES string of the molecule is NCC1(O)CCCC1CCOCC1CCCCO1. The maximum Gasteiger partial charge on any atom is 0.0808 e. The Kier molecular flexibility index (Phi) is 5.42. The van der Waals surface area contributed by atoms with Gasteiger partial charge >= 0.3 is 0 Å². The van der Waals surface area contributed by atoms with Crippen molar-refractivity contribution < 1.29 is 14.6 Å². The Labute approximate surface area is 110 Å². The molecule has 0 amide bonds. The number of ether oxygens (including phenoxy) is 2. The third-order valence-electron chi connectivity index (χ3n) is 4.46. The van der Waals surface area contributed by atoms with Gasteiger partial charge in [-0.15, -0.1) is 0 Å². The highest BCUT2D eigenvalue weighted by Gasteiger charge is 2.39. The number of aliphatic hydroxyl groups is 1. The first-order valence-electron chi connectivity index (χ1n) is 7.36. The van der Waals surface area contributed by atoms with Crippen LogP contribution in [0.15, 0.2) is 0 Å². The molecule has 3 N–H and O–H groups in total. The predicted molar refractivity (Wildman–Crippen MR) is 70.4 cm³/mol. The van der Waals surface area contributed by atoms with Crippen LogP contribution in [0.25, 0.3) is 0 Å². The lowest BCUT2D eigenvalue weighted by Crippen LogP contribution is -2.41. The summed E-state index contributed by atoms with van der Waals surface area (Å²) >= 11 is 0. The van der Waals surface area contributed by atoms with E-state index in [1.807, 2.05) is 0 Å². The summed E-state index contributed by atoms with van der Waals surface area (Å²) < 4.78 is 11.3. The van der Waals surface area contributed by atoms with Crippen LogP contribution in [0.2, 0.25) is 0 Å². The monoisotopic (exact) mass is 257 g/mol. The summed E-state index contributed by atoms with van der Waals surface area (Å²) in [6.45, 7) is 2.67. The number of rotatable bonds is 6. The van der Waals surface area contributed by atoms with Crippen molar-refractivity contribution in [3.63, 3.8) is 0 Å². The molecule has 1 aliphatic heterocycles. The van der Waals surface area contributed by atoms with Crippen molar-refractivity contribution in [2.75, 3.05) is 26.4 Å². The minimum absolute atomic E-state index is 0.288. The molecule has 2 fully saturated rings. The highest BCUT2D eigenvalue weighted by molar-refractivity contribution is 4.92. The Bertz CT molecular complexity index is 243. The zero-order chi connectivity index (χ0) is 12.8. The molecule has 2 aliphatic rings. The highest BCUT2D eigenvalue weighted by atomic mass is 16.5. The van der Waals surface area contributed by atoms with Gasteiger partial charge in [0.15, 0.2) is 0 Å². The van der Waals surface area contributed by atoms with Crippen molar-refractivity contribution in [3.05, 3.63) is 0 Å². The molecule has 1 heterocycles. The Morgan fingerprint density at radius 3 is 2.89 bits per heavy atom. The van der Waals surface area contributed by atoms with Gasteiger partial charge in [-0.05, 0) is 44.4 Å². The van der Waals surface area contributed by atoms with E-state index in [1.54, 1.807) is 0 Å². The Balaban J connectivity index is 1.60. The van der Waals surface area contributed by atoms with Crippen molar-refractivity contribution in [2.45, 2.75) is 56.7 Å². The maximum absolute atomic E-state index is 10.3. The normalized spacial score (nSPS) is 37.0. The van der Waals surface area contributed by atoms with E-state index in [1.165, 1.54) is 12.8 Å². The summed E-state index contributed by atoms with van der Waals surface area (Å²) in [5.74, 6) is 0.315. The van der Waals surface area contributed by atoms with Crippen LogP contribution in [0.1, 0.15) is 44.9 Å². The summed E-state index contributed by atoms with van der Waals surface area (Å²) in [5.41, 5.74) is 5.03. The zero-order valence-electron chi connectivity index (χ0n) is 11.3. The molecule has 3 atom stereocenters. The maximum atomic E-state index is 10.3. The van der Waals surface area contributed by atoms with E-state index in [-0.39, 0.29) is 6.10 Å². The van der Waals surface area contributed by atoms with Crippen LogP contribution in [-0.2, 0) is 9.47 Å². The second-order valence-electron chi connectivity index (χ2n) is 5.75. The van der Waals surface area contributed by atoms with E-state index in [4.69, 9.17) is 15.2 Å². The van der Waals surface area contributed by atoms with Gasteiger partial charge in [-0.1, -0.05) is 6.42 Å². The van der Waals surface area contributed by atoms with Crippen molar-refractivity contribution in [2.24, 2.45) is 11.7 Å². The Morgan fingerprint density at radius 1 is 1.28 bits per heavy atom. The first-order chi connectivity index (χ1) is 8.74. The van der Waals surface area contributed by atoms with Crippen LogP contribution in [-0.4, -0.2) is 43.2 Å². The van der Waals surface area contributed by atoms with Crippen LogP contribution in [0.4, 0.5) is 0 Å². The molecule has 106 valence electrons. The van der Waals surface area contributed by atoms with Crippen LogP contribution in [0, 0.1) is 5.92 Å². The topological polar surface area (TPSA) is 64.7 Å². The highest BCUT2D eigenvalue weighted by Crippen LogP contribution is 2.37. The third kappa shape index (κ3) is 3.67. The average Bonchev–Trinajstić information content (AvgIpc) is 2.78. The number of hydrogen-bond acceptors (Lipinski definition) is 4. The average molecular weight is 257 g/mol. The van der Waals surface area contributed by atoms with Gasteiger partial charge in [0.1, 0.15) is 0 Å². The summed E-state index contributed by atoms with van der Waals surface area (Å²) in [4.78, 5) is 0. The first kappa shape index (κ1) is 14.3. The lowest BCUT2D eigenvalue weighted by Gasteiger charge is -2.29. The fraction of sp³-hybridized carbons (Fsp3) is 1.00. The van der Waals surface area contributed by atoms with E-state index in [9.17, 15) is 5.11 Å². The van der Waals surface area contributed by atoms with Crippen LogP contribution < -0.4 is 5.73 Å². The number of hydrogen-bond donors (Lipinski definition) is 2. The molecule has 2 rings (SSSR count). The Hall–Kier alpha value is -0.160. The third-order valence-corrected chi connectivity index (χ3v) is 4.46. The molecule has 4 heteroatoms. The molecule has 0 spiro atoms. The summed E-state index contributed by atoms with van der Waals surface area (Å²) in [5, 5.41) is 10.3. The van der Waals surface area contributed by atoms with Gasteiger partial charge in [0, 0.05) is 19.8 Å². The molecule has 0 aromatic heterocycles. The summed E-state index contributed by atoms with van der Waals surface area (Å²) in [6.07, 6.45) is 7.78. The lowest BCUT2D eigenvalue weighted by molar-refractivity contribution is -0.0500. The van der Waals surface area contributed by atoms with E-state index < -0.39 is 5.60 Å². The largest absolute Gasteiger partial charge is 0.388 e. The lowest BCUT2D eigenvalue weighted by atomic mass is 9.88. The van der Waals surface area contributed by atoms with E-state index in [0.29, 0.717) is 25.7 Å². The Morgan fingerprint density at radius 2 is 2.17 bits per heavy atom. The van der Waals surface area contributed by atoms with Gasteiger partial charge in [0.2, 0.25) is 0 Å². The van der Waals surface area contributed by atoms with Crippen LogP contribution in [0.3, 0.4) is 0 Å². The van der Waals surface area contributed by atoms with E-state index in [2.05, 4.69) is 0 Å². The molecule has 1 saturated heterocycles. The van der Waals surface area contributed by atoms with Crippen molar-refractivity contribution in [1.82, 2.24) is 0 Å². The fourth-order valence-corrected chi connectivity index (χ4v) is 3.19. The quantitative estimate of drug-likeness (QED) is 0.707. The molecule has 3 unspecified atom stereocenters. The van der Waals surface area contributed by atoms with Gasteiger partial charge in [0.05, 0.1) is 18.3 Å². The molecule has 0 bridgehead atoms. The smallest absolute Gasteiger partial charge is 0.0808 e. The van der Waals surface area contributed by atoms with Gasteiger partial charge in [-0.2, -0.15) is 0 Å². The van der Waals surface area contributed by atoms with Gasteiger partial charge in [-0.25, -0.2) is 0 Å². The predicted octanol–water partition coefficient (Wildman–Crippen LogP) is 1.45. The molecule has 1 aliphatic carbocycles. The molecule has 0 aromatic rings. The van der Waals surface area contributed by atoms with E-state index >= 15 is 0 Å². The molecule has 4 nitrogen and oxygen atoms in total. The molecule has 0 radical (unpaired) electrons. The minimum Gasteiger partial charge on any atom is -0.388 e. The van der Waals surface area contributed by atoms with Crippen LogP contribution in [0.5, 0.6) is 0 Å². The van der Waals surface area contributed by atoms with Crippen molar-refractivity contribution >= 4 is 0 Å². The molecule has 18 heavy (non-hydrogen) atoms. The van der Waals surface area contributed by atoms with Crippen molar-refractivity contribution in [1.29, 1.82) is 0 Å². The first-order valence-corrected chi connectivity index (χ1v) is 7.36. The van der Waals surface area contributed by atoms with E-state index in [0.717, 1.165) is 38.7 Å². The minimum atomic E-state index is -0.634. The van der Waals surface area contributed by atoms with Gasteiger partial charge in [-0.3, -0.25) is 0 Å². The second-order valence-corrected chi connectivity index (χ2v) is 5.75.